The van der Waals surface area contributed by atoms with Crippen LogP contribution in [0, 0.1) is 5.82 Å². The highest BCUT2D eigenvalue weighted by Gasteiger charge is 2.17. The van der Waals surface area contributed by atoms with Crippen molar-refractivity contribution in [2.75, 3.05) is 6.61 Å². The van der Waals surface area contributed by atoms with Crippen molar-refractivity contribution in [1.82, 2.24) is 10.3 Å². The van der Waals surface area contributed by atoms with Crippen LogP contribution in [0.3, 0.4) is 0 Å². The summed E-state index contributed by atoms with van der Waals surface area (Å²) in [6.45, 7) is -0.530. The van der Waals surface area contributed by atoms with Crippen molar-refractivity contribution in [2.45, 2.75) is 4.21 Å². The molecule has 1 heterocycles. The lowest BCUT2D eigenvalue weighted by Crippen LogP contribution is -2.43. The lowest BCUT2D eigenvalue weighted by molar-refractivity contribution is -0.123. The maximum absolute atomic E-state index is 13.3. The van der Waals surface area contributed by atoms with Crippen LogP contribution >= 0.6 is 27.3 Å². The number of para-hydroxylation sites is 1. The van der Waals surface area contributed by atoms with Crippen molar-refractivity contribution >= 4 is 43.2 Å². The molecule has 2 rings (SSSR count). The minimum atomic E-state index is -3.85. The van der Waals surface area contributed by atoms with E-state index >= 15 is 0 Å². The minimum Gasteiger partial charge on any atom is -0.481 e. The van der Waals surface area contributed by atoms with Crippen LogP contribution in [0.2, 0.25) is 0 Å². The summed E-state index contributed by atoms with van der Waals surface area (Å²) >= 11 is 4.14. The molecule has 0 bridgehead atoms. The SMILES string of the molecule is O=C(COc1ccccc1F)NNS(=O)(=O)c1ccc(Br)s1. The van der Waals surface area contributed by atoms with Gasteiger partial charge < -0.3 is 4.74 Å². The van der Waals surface area contributed by atoms with Gasteiger partial charge in [-0.3, -0.25) is 10.2 Å². The number of carbonyl (C=O) groups is 1. The number of rotatable bonds is 6. The van der Waals surface area contributed by atoms with E-state index in [1.54, 1.807) is 12.1 Å². The number of halogens is 2. The molecule has 1 aromatic heterocycles. The molecule has 0 saturated carbocycles. The molecule has 10 heteroatoms. The van der Waals surface area contributed by atoms with Gasteiger partial charge in [0.2, 0.25) is 0 Å². The zero-order chi connectivity index (χ0) is 16.2. The topological polar surface area (TPSA) is 84.5 Å². The summed E-state index contributed by atoms with van der Waals surface area (Å²) in [6.07, 6.45) is 0. The van der Waals surface area contributed by atoms with Crippen molar-refractivity contribution in [3.63, 3.8) is 0 Å². The third-order valence-corrected chi connectivity index (χ3v) is 5.70. The van der Waals surface area contributed by atoms with Crippen LogP contribution in [0.5, 0.6) is 5.75 Å². The largest absolute Gasteiger partial charge is 0.481 e. The molecule has 0 saturated heterocycles. The highest BCUT2D eigenvalue weighted by atomic mass is 79.9. The number of nitrogens with one attached hydrogen (secondary N) is 2. The molecule has 0 radical (unpaired) electrons. The second kappa shape index (κ2) is 7.18. The first-order chi connectivity index (χ1) is 10.4. The Hall–Kier alpha value is -1.49. The van der Waals surface area contributed by atoms with E-state index in [0.29, 0.717) is 3.79 Å². The average molecular weight is 409 g/mol. The van der Waals surface area contributed by atoms with Gasteiger partial charge in [0.25, 0.3) is 15.9 Å². The van der Waals surface area contributed by atoms with Crippen molar-refractivity contribution < 1.29 is 22.3 Å². The Bertz CT molecular complexity index is 779. The van der Waals surface area contributed by atoms with Crippen LogP contribution in [-0.4, -0.2) is 20.9 Å². The molecule has 6 nitrogen and oxygen atoms in total. The zero-order valence-corrected chi connectivity index (χ0v) is 14.1. The molecule has 0 spiro atoms. The summed E-state index contributed by atoms with van der Waals surface area (Å²) < 4.78 is 42.6. The Balaban J connectivity index is 1.87. The summed E-state index contributed by atoms with van der Waals surface area (Å²) in [5.41, 5.74) is 1.99. The van der Waals surface area contributed by atoms with Gasteiger partial charge in [-0.2, -0.15) is 0 Å². The van der Waals surface area contributed by atoms with Crippen LogP contribution < -0.4 is 15.0 Å². The highest BCUT2D eigenvalue weighted by Crippen LogP contribution is 2.25. The van der Waals surface area contributed by atoms with Gasteiger partial charge >= 0.3 is 0 Å². The average Bonchev–Trinajstić information content (AvgIpc) is 2.92. The van der Waals surface area contributed by atoms with Gasteiger partial charge in [0.15, 0.2) is 18.2 Å². The second-order valence-electron chi connectivity index (χ2n) is 3.93. The molecular weight excluding hydrogens is 399 g/mol. The van der Waals surface area contributed by atoms with Gasteiger partial charge in [0.1, 0.15) is 4.21 Å². The fourth-order valence-corrected chi connectivity index (χ4v) is 4.23. The van der Waals surface area contributed by atoms with E-state index in [1.807, 2.05) is 10.3 Å². The van der Waals surface area contributed by atoms with E-state index in [1.165, 1.54) is 24.3 Å². The Labute approximate surface area is 138 Å². The summed E-state index contributed by atoms with van der Waals surface area (Å²) in [4.78, 5) is 13.4. The molecule has 0 aliphatic carbocycles. The van der Waals surface area contributed by atoms with E-state index < -0.39 is 28.4 Å². The van der Waals surface area contributed by atoms with E-state index in [-0.39, 0.29) is 9.96 Å². The molecule has 0 aliphatic heterocycles. The van der Waals surface area contributed by atoms with Crippen molar-refractivity contribution in [2.24, 2.45) is 0 Å². The molecule has 1 aromatic carbocycles. The molecule has 0 atom stereocenters. The monoisotopic (exact) mass is 408 g/mol. The minimum absolute atomic E-state index is 0.0368. The number of amides is 1. The van der Waals surface area contributed by atoms with Crippen molar-refractivity contribution in [1.29, 1.82) is 0 Å². The first kappa shape index (κ1) is 16.9. The van der Waals surface area contributed by atoms with Crippen LogP contribution in [-0.2, 0) is 14.8 Å². The number of sulfonamides is 1. The number of hydrogen-bond acceptors (Lipinski definition) is 5. The third kappa shape index (κ3) is 4.50. The Kier molecular flexibility index (Phi) is 5.51. The van der Waals surface area contributed by atoms with Crippen LogP contribution in [0.25, 0.3) is 0 Å². The zero-order valence-electron chi connectivity index (χ0n) is 10.9. The number of ether oxygens (including phenoxy) is 1. The number of hydrazine groups is 1. The van der Waals surface area contributed by atoms with E-state index in [9.17, 15) is 17.6 Å². The predicted octanol–water partition coefficient (Wildman–Crippen LogP) is 2.04. The van der Waals surface area contributed by atoms with E-state index in [4.69, 9.17) is 4.74 Å². The normalized spacial score (nSPS) is 11.2. The summed E-state index contributed by atoms with van der Waals surface area (Å²) in [6, 6.07) is 8.53. The molecular formula is C12H10BrFN2O4S2. The number of thiophene rings is 1. The lowest BCUT2D eigenvalue weighted by atomic mass is 10.3. The van der Waals surface area contributed by atoms with Crippen LogP contribution in [0.4, 0.5) is 4.39 Å². The predicted molar refractivity (Wildman–Crippen MR) is 82.4 cm³/mol. The first-order valence-corrected chi connectivity index (χ1v) is 8.91. The van der Waals surface area contributed by atoms with E-state index in [2.05, 4.69) is 15.9 Å². The second-order valence-corrected chi connectivity index (χ2v) is 8.30. The smallest absolute Gasteiger partial charge is 0.272 e. The van der Waals surface area contributed by atoms with Crippen LogP contribution in [0.15, 0.2) is 44.4 Å². The molecule has 0 fully saturated rings. The Morgan fingerprint density at radius 3 is 2.64 bits per heavy atom. The van der Waals surface area contributed by atoms with Gasteiger partial charge in [-0.1, -0.05) is 12.1 Å². The molecule has 2 N–H and O–H groups in total. The summed E-state index contributed by atoms with van der Waals surface area (Å²) in [7, 11) is -3.85. The molecule has 118 valence electrons. The van der Waals surface area contributed by atoms with Crippen LogP contribution in [0.1, 0.15) is 0 Å². The quantitative estimate of drug-likeness (QED) is 0.716. The molecule has 0 aliphatic rings. The fraction of sp³-hybridized carbons (Fsp3) is 0.0833. The molecule has 22 heavy (non-hydrogen) atoms. The number of hydrogen-bond donors (Lipinski definition) is 2. The van der Waals surface area contributed by atoms with E-state index in [0.717, 1.165) is 11.3 Å². The number of benzene rings is 1. The summed E-state index contributed by atoms with van der Waals surface area (Å²) in [5.74, 6) is -1.47. The highest BCUT2D eigenvalue weighted by molar-refractivity contribution is 9.11. The third-order valence-electron chi connectivity index (χ3n) is 2.33. The van der Waals surface area contributed by atoms with Crippen molar-refractivity contribution in [3.05, 3.63) is 46.0 Å². The molecule has 2 aromatic rings. The molecule has 0 unspecified atom stereocenters. The van der Waals surface area contributed by atoms with Crippen molar-refractivity contribution in [3.8, 4) is 5.75 Å². The first-order valence-electron chi connectivity index (χ1n) is 5.82. The fourth-order valence-electron chi connectivity index (χ4n) is 1.36. The van der Waals surface area contributed by atoms with Gasteiger partial charge in [-0.05, 0) is 40.2 Å². The molecule has 1 amide bonds. The maximum atomic E-state index is 13.3. The Morgan fingerprint density at radius 1 is 1.27 bits per heavy atom. The lowest BCUT2D eigenvalue weighted by Gasteiger charge is -2.08. The number of carbonyl (C=O) groups excluding carboxylic acids is 1. The van der Waals surface area contributed by atoms with Gasteiger partial charge in [0.05, 0.1) is 3.79 Å². The van der Waals surface area contributed by atoms with Gasteiger partial charge in [-0.15, -0.1) is 16.2 Å². The Morgan fingerprint density at radius 2 is 2.00 bits per heavy atom. The van der Waals surface area contributed by atoms with Gasteiger partial charge in [0, 0.05) is 0 Å². The standard InChI is InChI=1S/C12H10BrFN2O4S2/c13-10-5-6-12(21-10)22(18,19)16-15-11(17)7-20-9-4-2-1-3-8(9)14/h1-6,16H,7H2,(H,15,17). The van der Waals surface area contributed by atoms with Gasteiger partial charge in [-0.25, -0.2) is 12.8 Å². The summed E-state index contributed by atoms with van der Waals surface area (Å²) in [5, 5.41) is 0. The maximum Gasteiger partial charge on any atom is 0.272 e.